The topological polar surface area (TPSA) is 43.9 Å². The number of imide groups is 1. The lowest BCUT2D eigenvalue weighted by Gasteiger charge is -2.36. The van der Waals surface area contributed by atoms with Crippen molar-refractivity contribution in [2.24, 2.45) is 11.8 Å². The second-order valence-electron chi connectivity index (χ2n) is 8.63. The Balaban J connectivity index is 1.07. The van der Waals surface area contributed by atoms with E-state index in [0.717, 1.165) is 58.4 Å². The summed E-state index contributed by atoms with van der Waals surface area (Å²) in [4.78, 5) is 31.7. The predicted molar refractivity (Wildman–Crippen MR) is 122 cm³/mol. The molecule has 5 nitrogen and oxygen atoms in total. The van der Waals surface area contributed by atoms with Crippen molar-refractivity contribution >= 4 is 38.9 Å². The van der Waals surface area contributed by atoms with Crippen LogP contribution in [0.15, 0.2) is 41.8 Å². The minimum Gasteiger partial charge on any atom is -0.368 e. The van der Waals surface area contributed by atoms with Gasteiger partial charge in [0.2, 0.25) is 11.8 Å². The second kappa shape index (κ2) is 8.52. The molecule has 2 amide bonds. The molecule has 6 heteroatoms. The third-order valence-electron chi connectivity index (χ3n) is 6.89. The van der Waals surface area contributed by atoms with Gasteiger partial charge in [0, 0.05) is 48.5 Å². The predicted octanol–water partition coefficient (Wildman–Crippen LogP) is 3.75. The maximum absolute atomic E-state index is 12.5. The Hall–Kier alpha value is -2.18. The number of rotatable bonds is 6. The van der Waals surface area contributed by atoms with Crippen LogP contribution in [0.3, 0.4) is 0 Å². The molecule has 2 fully saturated rings. The summed E-state index contributed by atoms with van der Waals surface area (Å²) in [5.74, 6) is -0.0670. The first-order valence-corrected chi connectivity index (χ1v) is 12.0. The van der Waals surface area contributed by atoms with Crippen molar-refractivity contribution in [3.63, 3.8) is 0 Å². The molecule has 0 N–H and O–H groups in total. The van der Waals surface area contributed by atoms with Gasteiger partial charge in [-0.05, 0) is 55.8 Å². The smallest absolute Gasteiger partial charge is 0.233 e. The van der Waals surface area contributed by atoms with E-state index >= 15 is 0 Å². The highest BCUT2D eigenvalue weighted by atomic mass is 32.1. The van der Waals surface area contributed by atoms with E-state index in [-0.39, 0.29) is 23.7 Å². The number of hydrogen-bond donors (Lipinski definition) is 0. The van der Waals surface area contributed by atoms with Gasteiger partial charge in [0.15, 0.2) is 0 Å². The first-order valence-electron chi connectivity index (χ1n) is 11.2. The van der Waals surface area contributed by atoms with Crippen LogP contribution in [0.5, 0.6) is 0 Å². The lowest BCUT2D eigenvalue weighted by Crippen LogP contribution is -2.46. The number of amides is 2. The molecule has 1 aliphatic carbocycles. The summed E-state index contributed by atoms with van der Waals surface area (Å²) in [7, 11) is 0. The van der Waals surface area contributed by atoms with E-state index in [1.165, 1.54) is 15.8 Å². The van der Waals surface area contributed by atoms with Gasteiger partial charge in [-0.25, -0.2) is 0 Å². The fourth-order valence-electron chi connectivity index (χ4n) is 5.16. The first-order chi connectivity index (χ1) is 14.7. The highest BCUT2D eigenvalue weighted by Gasteiger charge is 2.46. The molecule has 0 bridgehead atoms. The molecule has 2 saturated heterocycles. The normalized spacial score (nSPS) is 24.8. The van der Waals surface area contributed by atoms with E-state index < -0.39 is 0 Å². The van der Waals surface area contributed by atoms with E-state index in [1.54, 1.807) is 16.2 Å². The van der Waals surface area contributed by atoms with Crippen LogP contribution in [0, 0.1) is 11.8 Å². The van der Waals surface area contributed by atoms with Crippen LogP contribution in [0.1, 0.15) is 25.7 Å². The van der Waals surface area contributed by atoms with Gasteiger partial charge in [0.05, 0.1) is 11.8 Å². The van der Waals surface area contributed by atoms with Crippen molar-refractivity contribution in [3.05, 3.63) is 41.8 Å². The van der Waals surface area contributed by atoms with Crippen LogP contribution in [-0.2, 0) is 9.59 Å². The molecule has 3 aliphatic rings. The maximum Gasteiger partial charge on any atom is 0.233 e. The number of carbonyl (C=O) groups is 2. The van der Waals surface area contributed by atoms with E-state index in [4.69, 9.17) is 0 Å². The van der Waals surface area contributed by atoms with Crippen molar-refractivity contribution < 1.29 is 9.59 Å². The van der Waals surface area contributed by atoms with Gasteiger partial charge in [0.25, 0.3) is 0 Å². The van der Waals surface area contributed by atoms with Crippen LogP contribution in [0.2, 0.25) is 0 Å². The summed E-state index contributed by atoms with van der Waals surface area (Å²) in [6.45, 7) is 5.87. The monoisotopic (exact) mass is 423 g/mol. The fourth-order valence-corrected chi connectivity index (χ4v) is 5.97. The summed E-state index contributed by atoms with van der Waals surface area (Å²) in [6, 6.07) is 8.82. The summed E-state index contributed by atoms with van der Waals surface area (Å²) < 4.78 is 1.36. The standard InChI is InChI=1S/C24H29N3O2S/c28-23-18-6-1-2-7-19(18)24(29)27(23)12-4-3-11-25-13-15-26(16-14-25)21-8-5-9-22-20(21)10-17-30-22/h1-2,5,8-10,17-19H,3-4,6-7,11-16H2. The number of unbranched alkanes of at least 4 members (excludes halogenated alkanes) is 1. The number of benzene rings is 1. The third-order valence-corrected chi connectivity index (χ3v) is 7.77. The molecular weight excluding hydrogens is 394 g/mol. The molecule has 2 aliphatic heterocycles. The average Bonchev–Trinajstić information content (AvgIpc) is 3.36. The summed E-state index contributed by atoms with van der Waals surface area (Å²) in [5, 5.41) is 3.54. The largest absolute Gasteiger partial charge is 0.368 e. The van der Waals surface area contributed by atoms with Gasteiger partial charge < -0.3 is 4.90 Å². The third kappa shape index (κ3) is 3.67. The average molecular weight is 424 g/mol. The number of piperazine rings is 1. The molecule has 158 valence electrons. The first kappa shape index (κ1) is 19.8. The van der Waals surface area contributed by atoms with E-state index in [0.29, 0.717) is 6.54 Å². The second-order valence-corrected chi connectivity index (χ2v) is 9.58. The summed E-state index contributed by atoms with van der Waals surface area (Å²) in [5.41, 5.74) is 1.36. The molecule has 2 atom stereocenters. The molecule has 0 saturated carbocycles. The summed E-state index contributed by atoms with van der Waals surface area (Å²) in [6.07, 6.45) is 7.50. The minimum atomic E-state index is -0.0942. The van der Waals surface area contributed by atoms with Gasteiger partial charge in [-0.2, -0.15) is 0 Å². The van der Waals surface area contributed by atoms with E-state index in [9.17, 15) is 9.59 Å². The molecule has 3 heterocycles. The van der Waals surface area contributed by atoms with Gasteiger partial charge in [-0.1, -0.05) is 18.2 Å². The quantitative estimate of drug-likeness (QED) is 0.403. The Kier molecular flexibility index (Phi) is 5.61. The number of anilines is 1. The van der Waals surface area contributed by atoms with Crippen LogP contribution in [-0.4, -0.2) is 60.9 Å². The van der Waals surface area contributed by atoms with Crippen LogP contribution < -0.4 is 4.90 Å². The number of thiophene rings is 1. The van der Waals surface area contributed by atoms with Crippen LogP contribution >= 0.6 is 11.3 Å². The van der Waals surface area contributed by atoms with Crippen molar-refractivity contribution in [3.8, 4) is 0 Å². The van der Waals surface area contributed by atoms with Crippen molar-refractivity contribution in [1.82, 2.24) is 9.80 Å². The Morgan fingerprint density at radius 1 is 0.867 bits per heavy atom. The molecule has 0 spiro atoms. The molecule has 1 aromatic heterocycles. The van der Waals surface area contributed by atoms with Crippen molar-refractivity contribution in [1.29, 1.82) is 0 Å². The van der Waals surface area contributed by atoms with Gasteiger partial charge in [-0.3, -0.25) is 19.4 Å². The maximum atomic E-state index is 12.5. The molecule has 2 aromatic rings. The van der Waals surface area contributed by atoms with E-state index in [2.05, 4.69) is 39.4 Å². The van der Waals surface area contributed by atoms with Gasteiger partial charge in [0.1, 0.15) is 0 Å². The number of likely N-dealkylation sites (tertiary alicyclic amines) is 1. The Morgan fingerprint density at radius 3 is 2.30 bits per heavy atom. The van der Waals surface area contributed by atoms with Gasteiger partial charge in [-0.15, -0.1) is 11.3 Å². The number of hydrogen-bond acceptors (Lipinski definition) is 5. The zero-order chi connectivity index (χ0) is 20.5. The molecule has 1 aromatic carbocycles. The Bertz CT molecular complexity index is 934. The van der Waals surface area contributed by atoms with Crippen molar-refractivity contribution in [2.75, 3.05) is 44.2 Å². The van der Waals surface area contributed by atoms with Crippen LogP contribution in [0.4, 0.5) is 5.69 Å². The molecule has 5 rings (SSSR count). The highest BCUT2D eigenvalue weighted by molar-refractivity contribution is 7.17. The number of nitrogens with zero attached hydrogens (tertiary/aromatic N) is 3. The highest BCUT2D eigenvalue weighted by Crippen LogP contribution is 2.35. The number of allylic oxidation sites excluding steroid dienone is 2. The zero-order valence-electron chi connectivity index (χ0n) is 17.3. The minimum absolute atomic E-state index is 0.0607. The van der Waals surface area contributed by atoms with Crippen molar-refractivity contribution in [2.45, 2.75) is 25.7 Å². The molecule has 30 heavy (non-hydrogen) atoms. The lowest BCUT2D eigenvalue weighted by molar-refractivity contribution is -0.139. The molecular formula is C24H29N3O2S. The number of fused-ring (bicyclic) bond motifs is 2. The zero-order valence-corrected chi connectivity index (χ0v) is 18.2. The van der Waals surface area contributed by atoms with Crippen LogP contribution in [0.25, 0.3) is 10.1 Å². The molecule has 2 unspecified atom stereocenters. The lowest BCUT2D eigenvalue weighted by atomic mass is 9.85. The van der Waals surface area contributed by atoms with Gasteiger partial charge >= 0.3 is 0 Å². The molecule has 0 radical (unpaired) electrons. The fraction of sp³-hybridized carbons (Fsp3) is 0.500. The Labute approximate surface area is 181 Å². The number of carbonyl (C=O) groups excluding carboxylic acids is 2. The SMILES string of the molecule is O=C1C2CC=CCC2C(=O)N1CCCCN1CCN(c2cccc3sccc23)CC1. The van der Waals surface area contributed by atoms with E-state index in [1.807, 2.05) is 12.2 Å². The summed E-state index contributed by atoms with van der Waals surface area (Å²) >= 11 is 1.80. The Morgan fingerprint density at radius 2 is 1.57 bits per heavy atom.